The Balaban J connectivity index is 2.05. The molecule has 2 aromatic carbocycles. The highest BCUT2D eigenvalue weighted by molar-refractivity contribution is 5.86. The third kappa shape index (κ3) is 3.19. The van der Waals surface area contributed by atoms with E-state index in [4.69, 9.17) is 0 Å². The Hall–Kier alpha value is -2.02. The van der Waals surface area contributed by atoms with Gasteiger partial charge in [0.25, 0.3) is 0 Å². The summed E-state index contributed by atoms with van der Waals surface area (Å²) in [5.41, 5.74) is 4.31. The van der Waals surface area contributed by atoms with Crippen LogP contribution in [0, 0.1) is 0 Å². The average Bonchev–Trinajstić information content (AvgIpc) is 2.61. The summed E-state index contributed by atoms with van der Waals surface area (Å²) in [4.78, 5) is 2.51. The first-order valence-corrected chi connectivity index (χ1v) is 8.95. The Morgan fingerprint density at radius 1 is 0.913 bits per heavy atom. The van der Waals surface area contributed by atoms with Gasteiger partial charge in [-0.15, -0.1) is 0 Å². The van der Waals surface area contributed by atoms with Crippen LogP contribution in [-0.4, -0.2) is 6.04 Å². The number of rotatable bonds is 5. The van der Waals surface area contributed by atoms with Gasteiger partial charge in [0.15, 0.2) is 0 Å². The second-order valence-corrected chi connectivity index (χ2v) is 6.37. The molecule has 0 aliphatic carbocycles. The molecule has 0 amide bonds. The molecule has 1 heteroatoms. The fourth-order valence-electron chi connectivity index (χ4n) is 3.54. The van der Waals surface area contributed by atoms with E-state index >= 15 is 0 Å². The quantitative estimate of drug-likeness (QED) is 0.612. The van der Waals surface area contributed by atoms with Gasteiger partial charge in [0.1, 0.15) is 0 Å². The van der Waals surface area contributed by atoms with E-state index in [1.807, 2.05) is 0 Å². The molecule has 1 nitrogen and oxygen atoms in total. The van der Waals surface area contributed by atoms with Crippen molar-refractivity contribution in [3.63, 3.8) is 0 Å². The van der Waals surface area contributed by atoms with Gasteiger partial charge in [-0.1, -0.05) is 63.6 Å². The summed E-state index contributed by atoms with van der Waals surface area (Å²) in [6.07, 6.45) is 9.43. The minimum atomic E-state index is 0.501. The normalized spacial score (nSPS) is 18.0. The third-order valence-electron chi connectivity index (χ3n) is 4.85. The molecule has 23 heavy (non-hydrogen) atoms. The predicted octanol–water partition coefficient (Wildman–Crippen LogP) is 6.46. The summed E-state index contributed by atoms with van der Waals surface area (Å²) in [5.74, 6) is 0. The maximum Gasteiger partial charge on any atom is 0.0548 e. The minimum Gasteiger partial charge on any atom is -0.341 e. The second kappa shape index (κ2) is 7.04. The number of fused-ring (bicyclic) bond motifs is 1. The van der Waals surface area contributed by atoms with Gasteiger partial charge in [0, 0.05) is 11.9 Å². The molecular weight excluding hydrogens is 278 g/mol. The summed E-state index contributed by atoms with van der Waals surface area (Å²) < 4.78 is 0. The molecule has 0 N–H and O–H groups in total. The zero-order valence-corrected chi connectivity index (χ0v) is 14.5. The largest absolute Gasteiger partial charge is 0.341 e. The SMILES string of the molecule is CCCC1C(CC)=CC(CC)=CN1c1ccc2ccccc2c1. The lowest BCUT2D eigenvalue weighted by Crippen LogP contribution is -2.35. The van der Waals surface area contributed by atoms with Crippen LogP contribution in [0.4, 0.5) is 5.69 Å². The highest BCUT2D eigenvalue weighted by Crippen LogP contribution is 2.33. The smallest absolute Gasteiger partial charge is 0.0548 e. The van der Waals surface area contributed by atoms with Crippen molar-refractivity contribution in [2.45, 2.75) is 52.5 Å². The van der Waals surface area contributed by atoms with Crippen LogP contribution in [0.15, 0.2) is 65.9 Å². The van der Waals surface area contributed by atoms with Crippen molar-refractivity contribution in [3.05, 3.63) is 65.9 Å². The zero-order chi connectivity index (χ0) is 16.2. The lowest BCUT2D eigenvalue weighted by atomic mass is 9.92. The number of hydrogen-bond donors (Lipinski definition) is 0. The number of nitrogens with zero attached hydrogens (tertiary/aromatic N) is 1. The van der Waals surface area contributed by atoms with E-state index in [-0.39, 0.29) is 0 Å². The molecule has 1 unspecified atom stereocenters. The van der Waals surface area contributed by atoms with E-state index in [0.29, 0.717) is 6.04 Å². The fourth-order valence-corrected chi connectivity index (χ4v) is 3.54. The first kappa shape index (κ1) is 15.9. The molecule has 0 aromatic heterocycles. The van der Waals surface area contributed by atoms with Crippen molar-refractivity contribution in [3.8, 4) is 0 Å². The average molecular weight is 305 g/mol. The lowest BCUT2D eigenvalue weighted by molar-refractivity contribution is 0.626. The summed E-state index contributed by atoms with van der Waals surface area (Å²) >= 11 is 0. The molecule has 120 valence electrons. The van der Waals surface area contributed by atoms with Gasteiger partial charge in [0.05, 0.1) is 6.04 Å². The fraction of sp³-hybridized carbons (Fsp3) is 0.364. The Labute approximate surface area is 140 Å². The molecule has 0 spiro atoms. The molecule has 1 aliphatic rings. The lowest BCUT2D eigenvalue weighted by Gasteiger charge is -2.36. The van der Waals surface area contributed by atoms with Crippen LogP contribution in [0.2, 0.25) is 0 Å². The van der Waals surface area contributed by atoms with E-state index in [0.717, 1.165) is 12.8 Å². The first-order valence-electron chi connectivity index (χ1n) is 8.95. The number of benzene rings is 2. The van der Waals surface area contributed by atoms with Gasteiger partial charge in [-0.2, -0.15) is 0 Å². The van der Waals surface area contributed by atoms with Gasteiger partial charge >= 0.3 is 0 Å². The molecule has 1 heterocycles. The van der Waals surface area contributed by atoms with Gasteiger partial charge in [0.2, 0.25) is 0 Å². The first-order chi connectivity index (χ1) is 11.3. The number of allylic oxidation sites excluding steroid dienone is 2. The summed E-state index contributed by atoms with van der Waals surface area (Å²) in [7, 11) is 0. The van der Waals surface area contributed by atoms with Gasteiger partial charge in [-0.05, 0) is 53.3 Å². The molecule has 2 aromatic rings. The molecule has 1 aliphatic heterocycles. The Bertz CT molecular complexity index is 738. The van der Waals surface area contributed by atoms with Gasteiger partial charge in [-0.3, -0.25) is 0 Å². The van der Waals surface area contributed by atoms with Crippen molar-refractivity contribution in [2.24, 2.45) is 0 Å². The highest BCUT2D eigenvalue weighted by Gasteiger charge is 2.23. The topological polar surface area (TPSA) is 3.24 Å². The van der Waals surface area contributed by atoms with E-state index in [1.165, 1.54) is 34.9 Å². The van der Waals surface area contributed by atoms with E-state index < -0.39 is 0 Å². The van der Waals surface area contributed by atoms with E-state index in [9.17, 15) is 0 Å². The van der Waals surface area contributed by atoms with Crippen molar-refractivity contribution in [1.82, 2.24) is 0 Å². The van der Waals surface area contributed by atoms with Gasteiger partial charge in [-0.25, -0.2) is 0 Å². The van der Waals surface area contributed by atoms with Crippen molar-refractivity contribution < 1.29 is 0 Å². The van der Waals surface area contributed by atoms with Crippen LogP contribution in [0.1, 0.15) is 46.5 Å². The van der Waals surface area contributed by atoms with Crippen molar-refractivity contribution >= 4 is 16.5 Å². The second-order valence-electron chi connectivity index (χ2n) is 6.37. The molecule has 0 saturated heterocycles. The standard InChI is InChI=1S/C22H27N/c1-4-9-22-18(6-3)14-17(5-2)16-23(22)21-13-12-19-10-7-8-11-20(19)15-21/h7-8,10-16,22H,4-6,9H2,1-3H3. The highest BCUT2D eigenvalue weighted by atomic mass is 15.2. The van der Waals surface area contributed by atoms with E-state index in [2.05, 4.69) is 80.4 Å². The van der Waals surface area contributed by atoms with Gasteiger partial charge < -0.3 is 4.90 Å². The van der Waals surface area contributed by atoms with Crippen LogP contribution < -0.4 is 4.90 Å². The number of hydrogen-bond acceptors (Lipinski definition) is 1. The van der Waals surface area contributed by atoms with Crippen LogP contribution in [0.3, 0.4) is 0 Å². The van der Waals surface area contributed by atoms with E-state index in [1.54, 1.807) is 5.57 Å². The van der Waals surface area contributed by atoms with Crippen molar-refractivity contribution in [2.75, 3.05) is 4.90 Å². The Morgan fingerprint density at radius 3 is 2.39 bits per heavy atom. The van der Waals surface area contributed by atoms with Crippen LogP contribution in [0.5, 0.6) is 0 Å². The van der Waals surface area contributed by atoms with Crippen molar-refractivity contribution in [1.29, 1.82) is 0 Å². The van der Waals surface area contributed by atoms with Crippen LogP contribution in [-0.2, 0) is 0 Å². The molecule has 0 saturated carbocycles. The molecule has 0 radical (unpaired) electrons. The summed E-state index contributed by atoms with van der Waals surface area (Å²) in [6, 6.07) is 16.0. The zero-order valence-electron chi connectivity index (χ0n) is 14.5. The predicted molar refractivity (Wildman–Crippen MR) is 102 cm³/mol. The monoisotopic (exact) mass is 305 g/mol. The Kier molecular flexibility index (Phi) is 4.85. The maximum atomic E-state index is 2.51. The Morgan fingerprint density at radius 2 is 1.70 bits per heavy atom. The molecule has 0 bridgehead atoms. The molecule has 1 atom stereocenters. The number of anilines is 1. The third-order valence-corrected chi connectivity index (χ3v) is 4.85. The summed E-state index contributed by atoms with van der Waals surface area (Å²) in [5, 5.41) is 2.63. The maximum absolute atomic E-state index is 2.51. The van der Waals surface area contributed by atoms with Crippen LogP contribution in [0.25, 0.3) is 10.8 Å². The molecule has 0 fully saturated rings. The molecular formula is C22H27N. The molecule has 3 rings (SSSR count). The van der Waals surface area contributed by atoms with Crippen LogP contribution >= 0.6 is 0 Å². The summed E-state index contributed by atoms with van der Waals surface area (Å²) in [6.45, 7) is 6.81. The minimum absolute atomic E-state index is 0.501.